The molecule has 0 saturated heterocycles. The zero-order valence-corrected chi connectivity index (χ0v) is 6.37. The molecule has 0 rings (SSSR count). The van der Waals surface area contributed by atoms with Crippen LogP contribution in [0.3, 0.4) is 0 Å². The van der Waals surface area contributed by atoms with Crippen molar-refractivity contribution in [1.29, 1.82) is 0 Å². The van der Waals surface area contributed by atoms with Gasteiger partial charge in [-0.25, -0.2) is 14.2 Å². The maximum Gasteiger partial charge on any atom is 0.164 e. The van der Waals surface area contributed by atoms with Gasteiger partial charge in [-0.3, -0.25) is 0 Å². The molecule has 0 heterocycles. The van der Waals surface area contributed by atoms with Crippen LogP contribution in [0.4, 0.5) is 0 Å². The fourth-order valence-corrected chi connectivity index (χ4v) is 1.31. The third-order valence-corrected chi connectivity index (χ3v) is 2.38. The van der Waals surface area contributed by atoms with E-state index in [4.69, 9.17) is 5.73 Å². The lowest BCUT2D eigenvalue weighted by Crippen LogP contribution is -2.10. The molecule has 1 N–H and O–H groups in total. The van der Waals surface area contributed by atoms with Crippen LogP contribution < -0.4 is 5.73 Å². The summed E-state index contributed by atoms with van der Waals surface area (Å²) in [4.78, 5) is 0. The van der Waals surface area contributed by atoms with Gasteiger partial charge in [0.1, 0.15) is 5.88 Å². The zero-order chi connectivity index (χ0) is 7.33. The molecule has 0 aliphatic carbocycles. The van der Waals surface area contributed by atoms with Gasteiger partial charge < -0.3 is 0 Å². The molecule has 0 spiro atoms. The highest BCUT2D eigenvalue weighted by Gasteiger charge is 2.04. The third kappa shape index (κ3) is 4.42. The molecule has 55 valence electrons. The fraction of sp³-hybridized carbons (Fsp3) is 1.00. The highest BCUT2D eigenvalue weighted by molar-refractivity contribution is 7.91. The lowest BCUT2D eigenvalue weighted by Gasteiger charge is -1.95. The van der Waals surface area contributed by atoms with Crippen LogP contribution in [-0.4, -0.2) is 20.0 Å². The van der Waals surface area contributed by atoms with Crippen molar-refractivity contribution in [2.75, 3.05) is 11.6 Å². The van der Waals surface area contributed by atoms with Crippen LogP contribution >= 0.6 is 0 Å². The van der Waals surface area contributed by atoms with Gasteiger partial charge in [-0.15, -0.1) is 0 Å². The van der Waals surface area contributed by atoms with Gasteiger partial charge >= 0.3 is 0 Å². The van der Waals surface area contributed by atoms with Gasteiger partial charge in [0.05, 0.1) is 5.75 Å². The molecule has 4 heteroatoms. The summed E-state index contributed by atoms with van der Waals surface area (Å²) in [6.07, 6.45) is 1.56. The molecule has 3 nitrogen and oxygen atoms in total. The minimum Gasteiger partial charge on any atom is -0.242 e. The average molecular weight is 150 g/mol. The van der Waals surface area contributed by atoms with Gasteiger partial charge in [-0.2, -0.15) is 0 Å². The number of unbranched alkanes of at least 4 members (excludes halogenated alkanes) is 1. The minimum atomic E-state index is -3.01. The third-order valence-electron chi connectivity index (χ3n) is 1.03. The van der Waals surface area contributed by atoms with Crippen molar-refractivity contribution in [2.24, 2.45) is 0 Å². The second-order valence-electron chi connectivity index (χ2n) is 1.95. The normalized spacial score (nSPS) is 11.8. The second kappa shape index (κ2) is 3.85. The topological polar surface area (TPSA) is 57.9 Å². The molecule has 0 aliphatic heterocycles. The number of sulfone groups is 1. The molecule has 0 aromatic rings. The molecule has 0 aliphatic rings. The Kier molecular flexibility index (Phi) is 3.81. The standard InChI is InChI=1S/C5H12NO2S/c1-2-3-4-9(7,8)5-6/h6H,2-5H2,1H3. The highest BCUT2D eigenvalue weighted by atomic mass is 32.2. The first-order valence-corrected chi connectivity index (χ1v) is 4.79. The van der Waals surface area contributed by atoms with Crippen molar-refractivity contribution < 1.29 is 8.42 Å². The van der Waals surface area contributed by atoms with E-state index < -0.39 is 15.7 Å². The molecular weight excluding hydrogens is 138 g/mol. The van der Waals surface area contributed by atoms with Crippen LogP contribution in [-0.2, 0) is 9.84 Å². The van der Waals surface area contributed by atoms with Gasteiger partial charge in [-0.05, 0) is 6.42 Å². The second-order valence-corrected chi connectivity index (χ2v) is 4.13. The van der Waals surface area contributed by atoms with Gasteiger partial charge in [-0.1, -0.05) is 13.3 Å². The Labute approximate surface area is 56.2 Å². The van der Waals surface area contributed by atoms with Crippen LogP contribution in [0.1, 0.15) is 19.8 Å². The highest BCUT2D eigenvalue weighted by Crippen LogP contribution is 1.93. The number of rotatable bonds is 4. The maximum atomic E-state index is 10.6. The van der Waals surface area contributed by atoms with Gasteiger partial charge in [0.25, 0.3) is 0 Å². The first-order chi connectivity index (χ1) is 4.12. The summed E-state index contributed by atoms with van der Waals surface area (Å²) in [5.74, 6) is -0.292. The summed E-state index contributed by atoms with van der Waals surface area (Å²) in [5.41, 5.74) is 6.60. The first kappa shape index (κ1) is 8.91. The van der Waals surface area contributed by atoms with Crippen molar-refractivity contribution in [3.05, 3.63) is 0 Å². The van der Waals surface area contributed by atoms with E-state index in [-0.39, 0.29) is 5.75 Å². The lowest BCUT2D eigenvalue weighted by molar-refractivity contribution is 0.592. The summed E-state index contributed by atoms with van der Waals surface area (Å²) in [6.45, 7) is 1.93. The predicted octanol–water partition coefficient (Wildman–Crippen LogP) is 0.442. The van der Waals surface area contributed by atoms with Crippen LogP contribution in [0.25, 0.3) is 0 Å². The largest absolute Gasteiger partial charge is 0.242 e. The smallest absolute Gasteiger partial charge is 0.164 e. The average Bonchev–Trinajstić information content (AvgIpc) is 1.84. The van der Waals surface area contributed by atoms with Gasteiger partial charge in [0.2, 0.25) is 0 Å². The van der Waals surface area contributed by atoms with E-state index in [1.54, 1.807) is 0 Å². The number of hydrogen-bond acceptors (Lipinski definition) is 2. The Morgan fingerprint density at radius 2 is 2.00 bits per heavy atom. The summed E-state index contributed by atoms with van der Waals surface area (Å²) in [6, 6.07) is 0. The van der Waals surface area contributed by atoms with Crippen molar-refractivity contribution in [2.45, 2.75) is 19.8 Å². The Morgan fingerprint density at radius 3 is 2.33 bits per heavy atom. The zero-order valence-electron chi connectivity index (χ0n) is 5.55. The fourth-order valence-electron chi connectivity index (χ4n) is 0.436. The Bertz CT molecular complexity index is 150. The molecule has 1 radical (unpaired) electrons. The summed E-state index contributed by atoms with van der Waals surface area (Å²) < 4.78 is 21.1. The Hall–Kier alpha value is -0.0900. The first-order valence-electron chi connectivity index (χ1n) is 2.97. The van der Waals surface area contributed by atoms with E-state index in [0.29, 0.717) is 6.42 Å². The Morgan fingerprint density at radius 1 is 1.44 bits per heavy atom. The number of hydrogen-bond donors (Lipinski definition) is 0. The summed E-state index contributed by atoms with van der Waals surface area (Å²) >= 11 is 0. The van der Waals surface area contributed by atoms with Crippen molar-refractivity contribution >= 4 is 9.84 Å². The lowest BCUT2D eigenvalue weighted by atomic mass is 10.4. The van der Waals surface area contributed by atoms with E-state index >= 15 is 0 Å². The van der Waals surface area contributed by atoms with Gasteiger partial charge in [0, 0.05) is 0 Å². The van der Waals surface area contributed by atoms with Crippen LogP contribution in [0.15, 0.2) is 0 Å². The quantitative estimate of drug-likeness (QED) is 0.584. The monoisotopic (exact) mass is 150 g/mol. The van der Waals surface area contributed by atoms with Crippen molar-refractivity contribution in [3.63, 3.8) is 0 Å². The summed E-state index contributed by atoms with van der Waals surface area (Å²) in [5, 5.41) is 0. The van der Waals surface area contributed by atoms with Crippen LogP contribution in [0.2, 0.25) is 0 Å². The minimum absolute atomic E-state index is 0.174. The molecule has 9 heavy (non-hydrogen) atoms. The van der Waals surface area contributed by atoms with E-state index in [9.17, 15) is 8.42 Å². The molecule has 0 saturated carbocycles. The van der Waals surface area contributed by atoms with Crippen LogP contribution in [0.5, 0.6) is 0 Å². The molecule has 0 unspecified atom stereocenters. The SMILES string of the molecule is CCCCS(=O)(=O)C[NH]. The maximum absolute atomic E-state index is 10.6. The van der Waals surface area contributed by atoms with E-state index in [0.717, 1.165) is 6.42 Å². The van der Waals surface area contributed by atoms with E-state index in [2.05, 4.69) is 0 Å². The van der Waals surface area contributed by atoms with E-state index in [1.165, 1.54) is 0 Å². The van der Waals surface area contributed by atoms with E-state index in [1.807, 2.05) is 6.92 Å². The van der Waals surface area contributed by atoms with Crippen molar-refractivity contribution in [3.8, 4) is 0 Å². The molecule has 0 fully saturated rings. The van der Waals surface area contributed by atoms with Crippen molar-refractivity contribution in [1.82, 2.24) is 5.73 Å². The molecule has 0 aromatic carbocycles. The molecule has 0 amide bonds. The molecule has 0 atom stereocenters. The predicted molar refractivity (Wildman–Crippen MR) is 36.7 cm³/mol. The van der Waals surface area contributed by atoms with Gasteiger partial charge in [0.15, 0.2) is 9.84 Å². The summed E-state index contributed by atoms with van der Waals surface area (Å²) in [7, 11) is -3.01. The molecule has 0 bridgehead atoms. The number of nitrogens with one attached hydrogen (secondary N) is 1. The van der Waals surface area contributed by atoms with Crippen LogP contribution in [0, 0.1) is 0 Å². The molecule has 0 aromatic heterocycles. The Balaban J connectivity index is 3.61. The molecular formula is C5H12NO2S.